The molecule has 0 spiro atoms. The summed E-state index contributed by atoms with van der Waals surface area (Å²) in [5, 5.41) is 10.8. The third-order valence-electron chi connectivity index (χ3n) is 6.94. The van der Waals surface area contributed by atoms with Crippen molar-refractivity contribution < 1.29 is 5.11 Å². The standard InChI is InChI=1S/C15H26O/c1-13(2)7-5-8-14(3)10-6-9-15(14,4)12(16)11(10)13/h10-12,16H,5-9H2,1-4H3/t10-,11-,12-,14-,15-/m1/s1. The fourth-order valence-corrected chi connectivity index (χ4v) is 5.68. The summed E-state index contributed by atoms with van der Waals surface area (Å²) in [6.07, 6.45) is 6.56. The predicted molar refractivity (Wildman–Crippen MR) is 66.1 cm³/mol. The fourth-order valence-electron chi connectivity index (χ4n) is 5.68. The molecule has 0 aliphatic heterocycles. The van der Waals surface area contributed by atoms with E-state index in [0.717, 1.165) is 5.92 Å². The molecular formula is C15H26O. The summed E-state index contributed by atoms with van der Waals surface area (Å²) < 4.78 is 0. The SMILES string of the molecule is CC1(C)CCC[C@]2(C)[C@@H]3CC[C@]2(C)[C@H](O)[C@@H]31. The van der Waals surface area contributed by atoms with Crippen LogP contribution < -0.4 is 0 Å². The highest BCUT2D eigenvalue weighted by Gasteiger charge is 2.70. The molecule has 3 saturated carbocycles. The number of hydrogen-bond acceptors (Lipinski definition) is 1. The topological polar surface area (TPSA) is 20.2 Å². The van der Waals surface area contributed by atoms with E-state index in [1.165, 1.54) is 32.1 Å². The van der Waals surface area contributed by atoms with Gasteiger partial charge in [0, 0.05) is 0 Å². The van der Waals surface area contributed by atoms with E-state index in [1.54, 1.807) is 0 Å². The normalized spacial score (nSPS) is 58.7. The van der Waals surface area contributed by atoms with E-state index >= 15 is 0 Å². The van der Waals surface area contributed by atoms with Crippen molar-refractivity contribution in [3.05, 3.63) is 0 Å². The van der Waals surface area contributed by atoms with Crippen molar-refractivity contribution >= 4 is 0 Å². The molecule has 0 heterocycles. The van der Waals surface area contributed by atoms with Crippen molar-refractivity contribution in [1.29, 1.82) is 0 Å². The Morgan fingerprint density at radius 2 is 1.62 bits per heavy atom. The molecule has 0 aromatic rings. The first-order valence-electron chi connectivity index (χ1n) is 7.01. The van der Waals surface area contributed by atoms with Crippen molar-refractivity contribution in [2.75, 3.05) is 0 Å². The van der Waals surface area contributed by atoms with Crippen LogP contribution in [0, 0.1) is 28.1 Å². The molecule has 1 heteroatoms. The van der Waals surface area contributed by atoms with Crippen LogP contribution in [-0.2, 0) is 0 Å². The lowest BCUT2D eigenvalue weighted by Crippen LogP contribution is -2.43. The summed E-state index contributed by atoms with van der Waals surface area (Å²) in [5.74, 6) is 1.34. The molecule has 3 aliphatic carbocycles. The molecule has 5 atom stereocenters. The molecule has 0 aromatic heterocycles. The Balaban J connectivity index is 2.12. The molecule has 0 unspecified atom stereocenters. The number of aliphatic hydroxyl groups is 1. The molecular weight excluding hydrogens is 196 g/mol. The van der Waals surface area contributed by atoms with Gasteiger partial charge < -0.3 is 5.11 Å². The molecule has 4 bridgehead atoms. The van der Waals surface area contributed by atoms with E-state index < -0.39 is 0 Å². The second kappa shape index (κ2) is 2.85. The first-order chi connectivity index (χ1) is 7.33. The van der Waals surface area contributed by atoms with E-state index in [1.807, 2.05) is 0 Å². The van der Waals surface area contributed by atoms with Gasteiger partial charge >= 0.3 is 0 Å². The van der Waals surface area contributed by atoms with Gasteiger partial charge in [0.2, 0.25) is 0 Å². The van der Waals surface area contributed by atoms with Crippen LogP contribution in [0.25, 0.3) is 0 Å². The molecule has 3 rings (SSSR count). The Morgan fingerprint density at radius 3 is 2.31 bits per heavy atom. The van der Waals surface area contributed by atoms with E-state index in [-0.39, 0.29) is 11.5 Å². The van der Waals surface area contributed by atoms with E-state index in [2.05, 4.69) is 27.7 Å². The van der Waals surface area contributed by atoms with Gasteiger partial charge in [-0.1, -0.05) is 34.1 Å². The Bertz CT molecular complexity index is 321. The van der Waals surface area contributed by atoms with Crippen LogP contribution in [0.5, 0.6) is 0 Å². The zero-order valence-electron chi connectivity index (χ0n) is 11.2. The summed E-state index contributed by atoms with van der Waals surface area (Å²) in [4.78, 5) is 0. The van der Waals surface area contributed by atoms with Crippen molar-refractivity contribution in [3.63, 3.8) is 0 Å². The van der Waals surface area contributed by atoms with Gasteiger partial charge in [0.15, 0.2) is 0 Å². The maximum Gasteiger partial charge on any atom is 0.0635 e. The van der Waals surface area contributed by atoms with Gasteiger partial charge in [-0.2, -0.15) is 0 Å². The maximum absolute atomic E-state index is 10.8. The van der Waals surface area contributed by atoms with Crippen LogP contribution in [0.1, 0.15) is 59.8 Å². The highest BCUT2D eigenvalue weighted by molar-refractivity contribution is 5.19. The molecule has 1 N–H and O–H groups in total. The fraction of sp³-hybridized carbons (Fsp3) is 1.00. The van der Waals surface area contributed by atoms with E-state index in [4.69, 9.17) is 0 Å². The lowest BCUT2D eigenvalue weighted by molar-refractivity contribution is -0.0578. The molecule has 0 amide bonds. The summed E-state index contributed by atoms with van der Waals surface area (Å²) in [7, 11) is 0. The van der Waals surface area contributed by atoms with Gasteiger partial charge in [-0.3, -0.25) is 0 Å². The molecule has 3 aliphatic rings. The highest BCUT2D eigenvalue weighted by atomic mass is 16.3. The number of aliphatic hydroxyl groups excluding tert-OH is 1. The van der Waals surface area contributed by atoms with Crippen LogP contribution >= 0.6 is 0 Å². The summed E-state index contributed by atoms with van der Waals surface area (Å²) in [6, 6.07) is 0. The number of rotatable bonds is 0. The molecule has 0 saturated heterocycles. The average molecular weight is 222 g/mol. The summed E-state index contributed by atoms with van der Waals surface area (Å²) >= 11 is 0. The van der Waals surface area contributed by atoms with Gasteiger partial charge in [-0.15, -0.1) is 0 Å². The monoisotopic (exact) mass is 222 g/mol. The first-order valence-corrected chi connectivity index (χ1v) is 7.01. The molecule has 3 fully saturated rings. The van der Waals surface area contributed by atoms with Crippen LogP contribution in [0.2, 0.25) is 0 Å². The van der Waals surface area contributed by atoms with E-state index in [9.17, 15) is 5.11 Å². The Labute approximate surface area is 99.6 Å². The van der Waals surface area contributed by atoms with Gasteiger partial charge in [0.05, 0.1) is 6.10 Å². The van der Waals surface area contributed by atoms with Crippen LogP contribution in [0.3, 0.4) is 0 Å². The average Bonchev–Trinajstić information content (AvgIpc) is 2.47. The van der Waals surface area contributed by atoms with Gasteiger partial charge in [-0.05, 0) is 53.8 Å². The first kappa shape index (κ1) is 11.1. The largest absolute Gasteiger partial charge is 0.392 e. The van der Waals surface area contributed by atoms with E-state index in [0.29, 0.717) is 16.7 Å². The predicted octanol–water partition coefficient (Wildman–Crippen LogP) is 3.61. The van der Waals surface area contributed by atoms with Gasteiger partial charge in [-0.25, -0.2) is 0 Å². The lowest BCUT2D eigenvalue weighted by Gasteiger charge is -2.44. The zero-order valence-corrected chi connectivity index (χ0v) is 11.2. The van der Waals surface area contributed by atoms with Crippen molar-refractivity contribution in [2.24, 2.45) is 28.1 Å². The van der Waals surface area contributed by atoms with Gasteiger partial charge in [0.25, 0.3) is 0 Å². The molecule has 1 nitrogen and oxygen atoms in total. The van der Waals surface area contributed by atoms with Crippen molar-refractivity contribution in [2.45, 2.75) is 65.9 Å². The Morgan fingerprint density at radius 1 is 0.938 bits per heavy atom. The van der Waals surface area contributed by atoms with Crippen LogP contribution in [0.4, 0.5) is 0 Å². The minimum atomic E-state index is -0.0495. The smallest absolute Gasteiger partial charge is 0.0635 e. The summed E-state index contributed by atoms with van der Waals surface area (Å²) in [5.41, 5.74) is 0.977. The molecule has 0 radical (unpaired) electrons. The Hall–Kier alpha value is -0.0400. The molecule has 92 valence electrons. The molecule has 16 heavy (non-hydrogen) atoms. The van der Waals surface area contributed by atoms with Crippen LogP contribution in [-0.4, -0.2) is 11.2 Å². The minimum absolute atomic E-state index is 0.0495. The second-order valence-corrected chi connectivity index (χ2v) is 7.79. The van der Waals surface area contributed by atoms with Crippen molar-refractivity contribution in [1.82, 2.24) is 0 Å². The third kappa shape index (κ3) is 0.978. The second-order valence-electron chi connectivity index (χ2n) is 7.79. The minimum Gasteiger partial charge on any atom is -0.392 e. The quantitative estimate of drug-likeness (QED) is 0.664. The van der Waals surface area contributed by atoms with Crippen molar-refractivity contribution in [3.8, 4) is 0 Å². The highest BCUT2D eigenvalue weighted by Crippen LogP contribution is 2.74. The lowest BCUT2D eigenvalue weighted by atomic mass is 9.63. The van der Waals surface area contributed by atoms with Crippen LogP contribution in [0.15, 0.2) is 0 Å². The molecule has 0 aromatic carbocycles. The summed E-state index contributed by atoms with van der Waals surface area (Å²) in [6.45, 7) is 9.60. The maximum atomic E-state index is 10.8. The number of hydrogen-bond donors (Lipinski definition) is 1. The third-order valence-corrected chi connectivity index (χ3v) is 6.94. The zero-order chi connectivity index (χ0) is 11.8. The van der Waals surface area contributed by atoms with Gasteiger partial charge in [0.1, 0.15) is 0 Å². The Kier molecular flexibility index (Phi) is 1.98.